The summed E-state index contributed by atoms with van der Waals surface area (Å²) in [5.74, 6) is 0.0933. The van der Waals surface area contributed by atoms with Crippen LogP contribution in [-0.2, 0) is 21.2 Å². The van der Waals surface area contributed by atoms with Crippen molar-refractivity contribution < 1.29 is 22.5 Å². The highest BCUT2D eigenvalue weighted by molar-refractivity contribution is 7.89. The van der Waals surface area contributed by atoms with Crippen LogP contribution in [-0.4, -0.2) is 63.2 Å². The van der Waals surface area contributed by atoms with Crippen molar-refractivity contribution in [2.24, 2.45) is 0 Å². The Morgan fingerprint density at radius 1 is 1.12 bits per heavy atom. The predicted molar refractivity (Wildman–Crippen MR) is 121 cm³/mol. The summed E-state index contributed by atoms with van der Waals surface area (Å²) in [6.07, 6.45) is 3.85. The highest BCUT2D eigenvalue weighted by Crippen LogP contribution is 2.33. The van der Waals surface area contributed by atoms with Gasteiger partial charge in [0.2, 0.25) is 10.0 Å². The van der Waals surface area contributed by atoms with Gasteiger partial charge in [0.25, 0.3) is 5.91 Å². The van der Waals surface area contributed by atoms with Crippen LogP contribution in [0, 0.1) is 6.92 Å². The zero-order valence-corrected chi connectivity index (χ0v) is 19.4. The Hall–Kier alpha value is -2.43. The molecule has 0 radical (unpaired) electrons. The molecule has 1 N–H and O–H groups in total. The van der Waals surface area contributed by atoms with Gasteiger partial charge in [-0.3, -0.25) is 4.79 Å². The van der Waals surface area contributed by atoms with Crippen LogP contribution in [0.25, 0.3) is 0 Å². The van der Waals surface area contributed by atoms with E-state index in [0.717, 1.165) is 31.6 Å². The molecule has 1 amide bonds. The van der Waals surface area contributed by atoms with Crippen LogP contribution in [0.2, 0.25) is 0 Å². The van der Waals surface area contributed by atoms with Gasteiger partial charge in [-0.15, -0.1) is 0 Å². The lowest BCUT2D eigenvalue weighted by molar-refractivity contribution is 0.0730. The maximum Gasteiger partial charge on any atom is 0.261 e. The second-order valence-corrected chi connectivity index (χ2v) is 10.0. The van der Waals surface area contributed by atoms with Crippen LogP contribution >= 0.6 is 0 Å². The van der Waals surface area contributed by atoms with Gasteiger partial charge in [0, 0.05) is 26.2 Å². The fourth-order valence-corrected chi connectivity index (χ4v) is 5.69. The number of amides is 1. The summed E-state index contributed by atoms with van der Waals surface area (Å²) in [6, 6.07) is 5.00. The summed E-state index contributed by atoms with van der Waals surface area (Å²) in [6.45, 7) is 6.72. The molecule has 0 aliphatic carbocycles. The molecule has 2 aliphatic rings. The number of sulfonamides is 1. The van der Waals surface area contributed by atoms with E-state index in [-0.39, 0.29) is 10.8 Å². The molecule has 32 heavy (non-hydrogen) atoms. The van der Waals surface area contributed by atoms with Crippen LogP contribution in [0.4, 0.5) is 11.4 Å². The SMILES string of the molecule is CCc1noc(C)c1C(=O)Nc1cc(S(=O)(=O)N2CCOCC2)ccc1N1CCCCC1. The quantitative estimate of drug-likeness (QED) is 0.704. The minimum atomic E-state index is -3.69. The summed E-state index contributed by atoms with van der Waals surface area (Å²) >= 11 is 0. The number of aryl methyl sites for hydroxylation is 2. The molecule has 4 rings (SSSR count). The number of nitrogens with zero attached hydrogens (tertiary/aromatic N) is 3. The summed E-state index contributed by atoms with van der Waals surface area (Å²) in [5, 5.41) is 6.92. The lowest BCUT2D eigenvalue weighted by Crippen LogP contribution is -2.40. The number of carbonyl (C=O) groups excluding carboxylic acids is 1. The number of morpholine rings is 1. The molecule has 2 fully saturated rings. The van der Waals surface area contributed by atoms with E-state index in [1.807, 2.05) is 6.92 Å². The number of rotatable bonds is 6. The molecule has 0 bridgehead atoms. The van der Waals surface area contributed by atoms with Crippen molar-refractivity contribution in [1.82, 2.24) is 9.46 Å². The van der Waals surface area contributed by atoms with Gasteiger partial charge in [0.1, 0.15) is 11.3 Å². The minimum absolute atomic E-state index is 0.160. The molecule has 1 aromatic carbocycles. The van der Waals surface area contributed by atoms with E-state index in [0.29, 0.717) is 55.4 Å². The number of anilines is 2. The fourth-order valence-electron chi connectivity index (χ4n) is 4.26. The average molecular weight is 463 g/mol. The molecule has 2 saturated heterocycles. The second-order valence-electron chi connectivity index (χ2n) is 8.11. The van der Waals surface area contributed by atoms with Gasteiger partial charge in [0.05, 0.1) is 35.2 Å². The van der Waals surface area contributed by atoms with Crippen LogP contribution < -0.4 is 10.2 Å². The number of piperidine rings is 1. The normalized spacial score (nSPS) is 18.0. The van der Waals surface area contributed by atoms with E-state index >= 15 is 0 Å². The Labute approximate surface area is 188 Å². The average Bonchev–Trinajstić information content (AvgIpc) is 3.20. The third-order valence-electron chi connectivity index (χ3n) is 6.02. The third kappa shape index (κ3) is 4.53. The van der Waals surface area contributed by atoms with Crippen LogP contribution in [0.1, 0.15) is 48.0 Å². The number of ether oxygens (including phenoxy) is 1. The number of hydrogen-bond donors (Lipinski definition) is 1. The van der Waals surface area contributed by atoms with Gasteiger partial charge >= 0.3 is 0 Å². The molecule has 0 spiro atoms. The first-order valence-corrected chi connectivity index (χ1v) is 12.6. The van der Waals surface area contributed by atoms with Crippen molar-refractivity contribution in [3.63, 3.8) is 0 Å². The largest absolute Gasteiger partial charge is 0.379 e. The number of carbonyl (C=O) groups is 1. The molecule has 0 unspecified atom stereocenters. The fraction of sp³-hybridized carbons (Fsp3) is 0.545. The smallest absolute Gasteiger partial charge is 0.261 e. The molecular weight excluding hydrogens is 432 g/mol. The van der Waals surface area contributed by atoms with Crippen molar-refractivity contribution >= 4 is 27.3 Å². The zero-order valence-electron chi connectivity index (χ0n) is 18.6. The first-order valence-electron chi connectivity index (χ1n) is 11.1. The Bertz CT molecular complexity index is 1070. The number of hydrogen-bond acceptors (Lipinski definition) is 7. The molecule has 0 saturated carbocycles. The molecule has 3 heterocycles. The lowest BCUT2D eigenvalue weighted by Gasteiger charge is -2.31. The second kappa shape index (κ2) is 9.60. The maximum absolute atomic E-state index is 13.2. The Morgan fingerprint density at radius 3 is 2.53 bits per heavy atom. The van der Waals surface area contributed by atoms with E-state index in [2.05, 4.69) is 15.4 Å². The standard InChI is InChI=1S/C22H30N4O5S/c1-3-18-21(16(2)31-24-18)22(27)23-19-15-17(32(28,29)26-11-13-30-14-12-26)7-8-20(19)25-9-5-4-6-10-25/h7-8,15H,3-6,9-14H2,1-2H3,(H,23,27). The van der Waals surface area contributed by atoms with Gasteiger partial charge in [-0.25, -0.2) is 8.42 Å². The Kier molecular flexibility index (Phi) is 6.82. The number of benzene rings is 1. The Balaban J connectivity index is 1.71. The first kappa shape index (κ1) is 22.8. The Morgan fingerprint density at radius 2 is 1.84 bits per heavy atom. The van der Waals surface area contributed by atoms with Crippen molar-refractivity contribution in [1.29, 1.82) is 0 Å². The molecule has 2 aromatic rings. The molecule has 174 valence electrons. The van der Waals surface area contributed by atoms with Crippen molar-refractivity contribution in [2.45, 2.75) is 44.4 Å². The zero-order chi connectivity index (χ0) is 22.7. The molecular formula is C22H30N4O5S. The van der Waals surface area contributed by atoms with E-state index < -0.39 is 10.0 Å². The number of nitrogens with one attached hydrogen (secondary N) is 1. The van der Waals surface area contributed by atoms with Crippen LogP contribution in [0.3, 0.4) is 0 Å². The van der Waals surface area contributed by atoms with Crippen LogP contribution in [0.5, 0.6) is 0 Å². The van der Waals surface area contributed by atoms with Gasteiger partial charge in [-0.2, -0.15) is 4.31 Å². The van der Waals surface area contributed by atoms with Gasteiger partial charge in [-0.1, -0.05) is 12.1 Å². The van der Waals surface area contributed by atoms with Crippen molar-refractivity contribution in [3.05, 3.63) is 35.2 Å². The monoisotopic (exact) mass is 462 g/mol. The van der Waals surface area contributed by atoms with E-state index in [9.17, 15) is 13.2 Å². The summed E-state index contributed by atoms with van der Waals surface area (Å²) < 4.78 is 38.4. The topological polar surface area (TPSA) is 105 Å². The molecule has 1 aromatic heterocycles. The van der Waals surface area contributed by atoms with E-state index in [1.54, 1.807) is 25.1 Å². The maximum atomic E-state index is 13.2. The highest BCUT2D eigenvalue weighted by atomic mass is 32.2. The predicted octanol–water partition coefficient (Wildman–Crippen LogP) is 2.81. The van der Waals surface area contributed by atoms with Crippen molar-refractivity contribution in [3.8, 4) is 0 Å². The number of aromatic nitrogens is 1. The summed E-state index contributed by atoms with van der Waals surface area (Å²) in [4.78, 5) is 15.5. The summed E-state index contributed by atoms with van der Waals surface area (Å²) in [7, 11) is -3.69. The van der Waals surface area contributed by atoms with E-state index in [4.69, 9.17) is 9.26 Å². The first-order chi connectivity index (χ1) is 15.4. The van der Waals surface area contributed by atoms with Crippen LogP contribution in [0.15, 0.2) is 27.6 Å². The summed E-state index contributed by atoms with van der Waals surface area (Å²) in [5.41, 5.74) is 2.29. The van der Waals surface area contributed by atoms with Gasteiger partial charge in [0.15, 0.2) is 0 Å². The van der Waals surface area contributed by atoms with Gasteiger partial charge < -0.3 is 19.5 Å². The third-order valence-corrected chi connectivity index (χ3v) is 7.91. The molecule has 9 nitrogen and oxygen atoms in total. The molecule has 10 heteroatoms. The molecule has 0 atom stereocenters. The van der Waals surface area contributed by atoms with Gasteiger partial charge in [-0.05, 0) is 50.8 Å². The van der Waals surface area contributed by atoms with E-state index in [1.165, 1.54) is 10.7 Å². The lowest BCUT2D eigenvalue weighted by atomic mass is 10.1. The minimum Gasteiger partial charge on any atom is -0.379 e. The highest BCUT2D eigenvalue weighted by Gasteiger charge is 2.28. The molecule has 2 aliphatic heterocycles. The van der Waals surface area contributed by atoms with Crippen molar-refractivity contribution in [2.75, 3.05) is 49.6 Å².